The summed E-state index contributed by atoms with van der Waals surface area (Å²) in [7, 11) is 1.73. The zero-order valence-electron chi connectivity index (χ0n) is 11.6. The van der Waals surface area contributed by atoms with E-state index in [1.165, 1.54) is 16.2 Å². The Balaban J connectivity index is 1.93. The normalized spacial score (nSPS) is 18.2. The van der Waals surface area contributed by atoms with E-state index in [0.717, 1.165) is 30.8 Å². The third-order valence-corrected chi connectivity index (χ3v) is 4.70. The molecule has 0 saturated carbocycles. The van der Waals surface area contributed by atoms with Gasteiger partial charge < -0.3 is 15.4 Å². The number of ether oxygens (including phenoxy) is 1. The fourth-order valence-corrected chi connectivity index (χ4v) is 3.33. The van der Waals surface area contributed by atoms with Crippen molar-refractivity contribution < 1.29 is 9.53 Å². The maximum Gasteiger partial charge on any atom is 0.261 e. The van der Waals surface area contributed by atoms with E-state index in [2.05, 4.69) is 10.6 Å². The average Bonchev–Trinajstić information content (AvgIpc) is 2.84. The monoisotopic (exact) mass is 282 g/mol. The van der Waals surface area contributed by atoms with Crippen LogP contribution in [0.1, 0.15) is 27.4 Å². The Kier molecular flexibility index (Phi) is 4.96. The third-order valence-electron chi connectivity index (χ3n) is 3.70. The maximum atomic E-state index is 12.1. The Labute approximate surface area is 118 Å². The number of hydrogen-bond acceptors (Lipinski definition) is 4. The topological polar surface area (TPSA) is 50.4 Å². The van der Waals surface area contributed by atoms with Gasteiger partial charge in [0.25, 0.3) is 5.91 Å². The first-order valence-corrected chi connectivity index (χ1v) is 7.51. The molecule has 2 rings (SSSR count). The number of hydrogen-bond donors (Lipinski definition) is 2. The fraction of sp³-hybridized carbons (Fsp3) is 0.643. The molecule has 5 heteroatoms. The second-order valence-electron chi connectivity index (χ2n) is 5.28. The number of nitrogens with one attached hydrogen (secondary N) is 2. The van der Waals surface area contributed by atoms with Gasteiger partial charge >= 0.3 is 0 Å². The second kappa shape index (κ2) is 6.50. The van der Waals surface area contributed by atoms with E-state index < -0.39 is 0 Å². The molecule has 1 amide bonds. The number of amides is 1. The molecule has 2 N–H and O–H groups in total. The van der Waals surface area contributed by atoms with Crippen molar-refractivity contribution in [2.45, 2.75) is 19.8 Å². The minimum Gasteiger partial charge on any atom is -0.384 e. The number of thiophene rings is 1. The molecule has 4 nitrogen and oxygen atoms in total. The molecule has 0 atom stereocenters. The molecular weight excluding hydrogens is 260 g/mol. The van der Waals surface area contributed by atoms with Crippen molar-refractivity contribution in [2.24, 2.45) is 5.41 Å². The lowest BCUT2D eigenvalue weighted by Crippen LogP contribution is -2.47. The molecule has 1 fully saturated rings. The lowest BCUT2D eigenvalue weighted by Gasteiger charge is -2.37. The summed E-state index contributed by atoms with van der Waals surface area (Å²) in [4.78, 5) is 14.0. The van der Waals surface area contributed by atoms with Crippen LogP contribution in [0.25, 0.3) is 0 Å². The van der Waals surface area contributed by atoms with Gasteiger partial charge in [-0.2, -0.15) is 0 Å². The molecule has 0 bridgehead atoms. The number of carbonyl (C=O) groups excluding carboxylic acids is 1. The van der Waals surface area contributed by atoms with Crippen LogP contribution in [0.4, 0.5) is 0 Å². The van der Waals surface area contributed by atoms with E-state index in [1.54, 1.807) is 7.11 Å². The van der Waals surface area contributed by atoms with Gasteiger partial charge in [0.05, 0.1) is 11.5 Å². The van der Waals surface area contributed by atoms with Gasteiger partial charge in [-0.05, 0) is 45.0 Å². The Morgan fingerprint density at radius 1 is 1.47 bits per heavy atom. The maximum absolute atomic E-state index is 12.1. The second-order valence-corrected chi connectivity index (χ2v) is 6.56. The van der Waals surface area contributed by atoms with E-state index >= 15 is 0 Å². The Morgan fingerprint density at radius 2 is 2.21 bits per heavy atom. The van der Waals surface area contributed by atoms with Gasteiger partial charge in [-0.25, -0.2) is 0 Å². The van der Waals surface area contributed by atoms with Crippen molar-refractivity contribution in [3.05, 3.63) is 21.9 Å². The molecule has 19 heavy (non-hydrogen) atoms. The predicted octanol–water partition coefficient (Wildman–Crippen LogP) is 1.80. The van der Waals surface area contributed by atoms with Gasteiger partial charge in [-0.3, -0.25) is 4.79 Å². The zero-order valence-corrected chi connectivity index (χ0v) is 12.4. The summed E-state index contributed by atoms with van der Waals surface area (Å²) < 4.78 is 5.35. The smallest absolute Gasteiger partial charge is 0.261 e. The molecule has 0 aromatic carbocycles. The quantitative estimate of drug-likeness (QED) is 0.866. The number of aryl methyl sites for hydroxylation is 1. The fourth-order valence-electron chi connectivity index (χ4n) is 2.55. The molecule has 0 aliphatic carbocycles. The van der Waals surface area contributed by atoms with Crippen LogP contribution in [0.2, 0.25) is 0 Å². The highest BCUT2D eigenvalue weighted by atomic mass is 32.1. The van der Waals surface area contributed by atoms with Crippen LogP contribution >= 0.6 is 11.3 Å². The first-order chi connectivity index (χ1) is 9.15. The Morgan fingerprint density at radius 3 is 2.79 bits per heavy atom. The molecule has 1 aromatic heterocycles. The van der Waals surface area contributed by atoms with Crippen LogP contribution in [0.15, 0.2) is 12.1 Å². The SMILES string of the molecule is COCC1(CNC(=O)c2ccc(C)s2)CCNCC1. The van der Waals surface area contributed by atoms with Crippen LogP contribution in [-0.4, -0.2) is 39.3 Å². The lowest BCUT2D eigenvalue weighted by atomic mass is 9.79. The highest BCUT2D eigenvalue weighted by Crippen LogP contribution is 2.28. The van der Waals surface area contributed by atoms with Crippen LogP contribution in [-0.2, 0) is 4.74 Å². The van der Waals surface area contributed by atoms with Crippen molar-refractivity contribution in [1.29, 1.82) is 0 Å². The van der Waals surface area contributed by atoms with Crippen molar-refractivity contribution >= 4 is 17.2 Å². The van der Waals surface area contributed by atoms with Crippen molar-refractivity contribution in [3.8, 4) is 0 Å². The minimum atomic E-state index is 0.0344. The summed E-state index contributed by atoms with van der Waals surface area (Å²) >= 11 is 1.54. The van der Waals surface area contributed by atoms with Gasteiger partial charge in [-0.15, -0.1) is 11.3 Å². The van der Waals surface area contributed by atoms with Crippen LogP contribution in [0.3, 0.4) is 0 Å². The Bertz CT molecular complexity index is 419. The van der Waals surface area contributed by atoms with E-state index in [0.29, 0.717) is 13.2 Å². The number of carbonyl (C=O) groups is 1. The highest BCUT2D eigenvalue weighted by Gasteiger charge is 2.32. The lowest BCUT2D eigenvalue weighted by molar-refractivity contribution is 0.0512. The molecule has 1 aliphatic heterocycles. The van der Waals surface area contributed by atoms with E-state index in [1.807, 2.05) is 19.1 Å². The van der Waals surface area contributed by atoms with Crippen LogP contribution in [0.5, 0.6) is 0 Å². The van der Waals surface area contributed by atoms with Crippen molar-refractivity contribution in [2.75, 3.05) is 33.4 Å². The third kappa shape index (κ3) is 3.78. The van der Waals surface area contributed by atoms with E-state index in [9.17, 15) is 4.79 Å². The number of methoxy groups -OCH3 is 1. The van der Waals surface area contributed by atoms with Gasteiger partial charge in [-0.1, -0.05) is 0 Å². The molecule has 0 unspecified atom stereocenters. The average molecular weight is 282 g/mol. The molecule has 1 aliphatic rings. The number of rotatable bonds is 5. The van der Waals surface area contributed by atoms with E-state index in [4.69, 9.17) is 4.74 Å². The van der Waals surface area contributed by atoms with Gasteiger partial charge in [0.15, 0.2) is 0 Å². The zero-order chi connectivity index (χ0) is 13.7. The van der Waals surface area contributed by atoms with Gasteiger partial charge in [0, 0.05) is 23.9 Å². The largest absolute Gasteiger partial charge is 0.384 e. The Hall–Kier alpha value is -0.910. The van der Waals surface area contributed by atoms with Crippen LogP contribution in [0, 0.1) is 12.3 Å². The highest BCUT2D eigenvalue weighted by molar-refractivity contribution is 7.13. The van der Waals surface area contributed by atoms with Crippen molar-refractivity contribution in [3.63, 3.8) is 0 Å². The summed E-state index contributed by atoms with van der Waals surface area (Å²) in [6.45, 7) is 5.41. The molecule has 1 aromatic rings. The standard InChI is InChI=1S/C14H22N2O2S/c1-11-3-4-12(19-11)13(17)16-9-14(10-18-2)5-7-15-8-6-14/h3-4,15H,5-10H2,1-2H3,(H,16,17). The summed E-state index contributed by atoms with van der Waals surface area (Å²) in [6, 6.07) is 3.87. The first kappa shape index (κ1) is 14.5. The molecule has 1 saturated heterocycles. The summed E-state index contributed by atoms with van der Waals surface area (Å²) in [5.41, 5.74) is 0.0853. The molecule has 106 valence electrons. The predicted molar refractivity (Wildman–Crippen MR) is 77.8 cm³/mol. The summed E-state index contributed by atoms with van der Waals surface area (Å²) in [5.74, 6) is 0.0344. The molecule has 0 radical (unpaired) electrons. The van der Waals surface area contributed by atoms with Gasteiger partial charge in [0.2, 0.25) is 0 Å². The summed E-state index contributed by atoms with van der Waals surface area (Å²) in [5, 5.41) is 6.43. The van der Waals surface area contributed by atoms with Crippen LogP contribution < -0.4 is 10.6 Å². The van der Waals surface area contributed by atoms with Crippen molar-refractivity contribution in [1.82, 2.24) is 10.6 Å². The minimum absolute atomic E-state index is 0.0344. The molecular formula is C14H22N2O2S. The molecule has 0 spiro atoms. The number of piperidine rings is 1. The molecule has 2 heterocycles. The first-order valence-electron chi connectivity index (χ1n) is 6.69. The van der Waals surface area contributed by atoms with E-state index in [-0.39, 0.29) is 11.3 Å². The van der Waals surface area contributed by atoms with Gasteiger partial charge in [0.1, 0.15) is 0 Å². The summed E-state index contributed by atoms with van der Waals surface area (Å²) in [6.07, 6.45) is 2.09.